The van der Waals surface area contributed by atoms with Crippen molar-refractivity contribution in [1.82, 2.24) is 0 Å². The first-order valence-electron chi connectivity index (χ1n) is 5.72. The summed E-state index contributed by atoms with van der Waals surface area (Å²) in [5, 5.41) is 2.79. The highest BCUT2D eigenvalue weighted by molar-refractivity contribution is 6.04. The van der Waals surface area contributed by atoms with Crippen molar-refractivity contribution in [2.45, 2.75) is 20.8 Å². The Morgan fingerprint density at radius 1 is 1.17 bits per heavy atom. The SMILES string of the molecule is Cc1ccc(C(=O)Nc2c(N)ccc(C)c2C)o1. The van der Waals surface area contributed by atoms with Crippen LogP contribution < -0.4 is 11.1 Å². The molecule has 0 unspecified atom stereocenters. The third-order valence-electron chi connectivity index (χ3n) is 2.97. The van der Waals surface area contributed by atoms with Crippen LogP contribution in [0.1, 0.15) is 27.4 Å². The average molecular weight is 244 g/mol. The molecule has 4 heteroatoms. The molecular weight excluding hydrogens is 228 g/mol. The molecule has 1 amide bonds. The van der Waals surface area contributed by atoms with Crippen LogP contribution >= 0.6 is 0 Å². The molecule has 94 valence electrons. The number of anilines is 2. The van der Waals surface area contributed by atoms with E-state index >= 15 is 0 Å². The summed E-state index contributed by atoms with van der Waals surface area (Å²) in [6.07, 6.45) is 0. The minimum Gasteiger partial charge on any atom is -0.456 e. The Morgan fingerprint density at radius 3 is 2.50 bits per heavy atom. The highest BCUT2D eigenvalue weighted by atomic mass is 16.3. The van der Waals surface area contributed by atoms with Gasteiger partial charge in [-0.3, -0.25) is 4.79 Å². The fourth-order valence-corrected chi connectivity index (χ4v) is 1.73. The summed E-state index contributed by atoms with van der Waals surface area (Å²) in [4.78, 5) is 12.0. The Kier molecular flexibility index (Phi) is 3.10. The number of benzene rings is 1. The second kappa shape index (κ2) is 4.56. The van der Waals surface area contributed by atoms with E-state index in [9.17, 15) is 4.79 Å². The van der Waals surface area contributed by atoms with Crippen molar-refractivity contribution < 1.29 is 9.21 Å². The Balaban J connectivity index is 2.30. The van der Waals surface area contributed by atoms with Crippen molar-refractivity contribution in [2.75, 3.05) is 11.1 Å². The highest BCUT2D eigenvalue weighted by Crippen LogP contribution is 2.26. The zero-order valence-electron chi connectivity index (χ0n) is 10.7. The van der Waals surface area contributed by atoms with E-state index < -0.39 is 0 Å². The van der Waals surface area contributed by atoms with E-state index in [2.05, 4.69) is 5.32 Å². The third kappa shape index (κ3) is 2.22. The Bertz CT molecular complexity index is 600. The average Bonchev–Trinajstić information content (AvgIpc) is 2.76. The van der Waals surface area contributed by atoms with Crippen LogP contribution in [-0.4, -0.2) is 5.91 Å². The van der Waals surface area contributed by atoms with Gasteiger partial charge < -0.3 is 15.5 Å². The zero-order valence-corrected chi connectivity index (χ0v) is 10.7. The van der Waals surface area contributed by atoms with Gasteiger partial charge in [0.05, 0.1) is 11.4 Å². The van der Waals surface area contributed by atoms with Crippen LogP contribution in [0.5, 0.6) is 0 Å². The van der Waals surface area contributed by atoms with E-state index in [-0.39, 0.29) is 11.7 Å². The van der Waals surface area contributed by atoms with Crippen LogP contribution in [0, 0.1) is 20.8 Å². The number of nitrogen functional groups attached to an aromatic ring is 1. The summed E-state index contributed by atoms with van der Waals surface area (Å²) in [5.74, 6) is 0.699. The van der Waals surface area contributed by atoms with Gasteiger partial charge in [-0.25, -0.2) is 0 Å². The van der Waals surface area contributed by atoms with Gasteiger partial charge in [0, 0.05) is 0 Å². The molecule has 0 bridgehead atoms. The second-order valence-corrected chi connectivity index (χ2v) is 4.34. The molecule has 18 heavy (non-hydrogen) atoms. The number of carbonyl (C=O) groups excluding carboxylic acids is 1. The van der Waals surface area contributed by atoms with E-state index in [1.165, 1.54) is 0 Å². The fraction of sp³-hybridized carbons (Fsp3) is 0.214. The smallest absolute Gasteiger partial charge is 0.291 e. The Morgan fingerprint density at radius 2 is 1.89 bits per heavy atom. The summed E-state index contributed by atoms with van der Waals surface area (Å²) < 4.78 is 5.27. The lowest BCUT2D eigenvalue weighted by Gasteiger charge is -2.12. The van der Waals surface area contributed by atoms with E-state index in [0.29, 0.717) is 17.1 Å². The first-order valence-corrected chi connectivity index (χ1v) is 5.72. The monoisotopic (exact) mass is 244 g/mol. The van der Waals surface area contributed by atoms with Gasteiger partial charge in [0.15, 0.2) is 5.76 Å². The van der Waals surface area contributed by atoms with Gasteiger partial charge in [0.25, 0.3) is 5.91 Å². The number of amides is 1. The van der Waals surface area contributed by atoms with Gasteiger partial charge in [-0.15, -0.1) is 0 Å². The summed E-state index contributed by atoms with van der Waals surface area (Å²) in [7, 11) is 0. The lowest BCUT2D eigenvalue weighted by atomic mass is 10.1. The number of nitrogens with two attached hydrogens (primary N) is 1. The summed E-state index contributed by atoms with van der Waals surface area (Å²) in [5.41, 5.74) is 9.12. The van der Waals surface area contributed by atoms with Crippen LogP contribution in [0.25, 0.3) is 0 Å². The second-order valence-electron chi connectivity index (χ2n) is 4.34. The maximum Gasteiger partial charge on any atom is 0.291 e. The van der Waals surface area contributed by atoms with E-state index in [0.717, 1.165) is 11.1 Å². The molecule has 3 N–H and O–H groups in total. The van der Waals surface area contributed by atoms with E-state index in [1.807, 2.05) is 19.9 Å². The normalized spacial score (nSPS) is 10.4. The van der Waals surface area contributed by atoms with Gasteiger partial charge in [-0.2, -0.15) is 0 Å². The first-order chi connectivity index (χ1) is 8.49. The molecule has 0 radical (unpaired) electrons. The summed E-state index contributed by atoms with van der Waals surface area (Å²) >= 11 is 0. The molecule has 0 saturated carbocycles. The van der Waals surface area contributed by atoms with Crippen molar-refractivity contribution in [1.29, 1.82) is 0 Å². The van der Waals surface area contributed by atoms with Crippen molar-refractivity contribution in [3.63, 3.8) is 0 Å². The predicted octanol–water partition coefficient (Wildman–Crippen LogP) is 3.04. The van der Waals surface area contributed by atoms with Crippen LogP contribution in [0.4, 0.5) is 11.4 Å². The molecule has 4 nitrogen and oxygen atoms in total. The zero-order chi connectivity index (χ0) is 13.3. The maximum atomic E-state index is 12.0. The highest BCUT2D eigenvalue weighted by Gasteiger charge is 2.13. The van der Waals surface area contributed by atoms with Gasteiger partial charge in [-0.1, -0.05) is 6.07 Å². The summed E-state index contributed by atoms with van der Waals surface area (Å²) in [6, 6.07) is 7.11. The van der Waals surface area contributed by atoms with Crippen LogP contribution in [-0.2, 0) is 0 Å². The number of aryl methyl sites for hydroxylation is 2. The van der Waals surface area contributed by atoms with Crippen molar-refractivity contribution >= 4 is 17.3 Å². The van der Waals surface area contributed by atoms with Crippen molar-refractivity contribution in [3.8, 4) is 0 Å². The van der Waals surface area contributed by atoms with Gasteiger partial charge in [0.1, 0.15) is 5.76 Å². The lowest BCUT2D eigenvalue weighted by Crippen LogP contribution is -2.13. The molecule has 1 aromatic carbocycles. The molecule has 0 fully saturated rings. The van der Waals surface area contributed by atoms with Crippen LogP contribution in [0.15, 0.2) is 28.7 Å². The van der Waals surface area contributed by atoms with Gasteiger partial charge >= 0.3 is 0 Å². The Labute approximate surface area is 106 Å². The minimum absolute atomic E-state index is 0.285. The lowest BCUT2D eigenvalue weighted by molar-refractivity contribution is 0.0995. The molecule has 1 aromatic heterocycles. The molecule has 0 aliphatic rings. The fourth-order valence-electron chi connectivity index (χ4n) is 1.73. The van der Waals surface area contributed by atoms with E-state index in [4.69, 9.17) is 10.2 Å². The molecule has 2 aromatic rings. The number of carbonyl (C=O) groups is 1. The van der Waals surface area contributed by atoms with Crippen LogP contribution in [0.2, 0.25) is 0 Å². The van der Waals surface area contributed by atoms with Crippen molar-refractivity contribution in [3.05, 3.63) is 46.9 Å². The molecule has 0 spiro atoms. The van der Waals surface area contributed by atoms with Gasteiger partial charge in [-0.05, 0) is 50.1 Å². The van der Waals surface area contributed by atoms with Crippen LogP contribution in [0.3, 0.4) is 0 Å². The maximum absolute atomic E-state index is 12.0. The van der Waals surface area contributed by atoms with E-state index in [1.54, 1.807) is 25.1 Å². The molecule has 0 aliphatic heterocycles. The van der Waals surface area contributed by atoms with Gasteiger partial charge in [0.2, 0.25) is 0 Å². The number of rotatable bonds is 2. The largest absolute Gasteiger partial charge is 0.456 e. The molecule has 0 atom stereocenters. The molecule has 2 rings (SSSR count). The first kappa shape index (κ1) is 12.2. The number of hydrogen-bond donors (Lipinski definition) is 2. The molecular formula is C14H16N2O2. The Hall–Kier alpha value is -2.23. The van der Waals surface area contributed by atoms with Crippen molar-refractivity contribution in [2.24, 2.45) is 0 Å². The predicted molar refractivity (Wildman–Crippen MR) is 71.7 cm³/mol. The molecule has 0 saturated heterocycles. The topological polar surface area (TPSA) is 68.3 Å². The molecule has 0 aliphatic carbocycles. The standard InChI is InChI=1S/C14H16N2O2/c1-8-4-6-11(15)13(10(8)3)16-14(17)12-7-5-9(2)18-12/h4-7H,15H2,1-3H3,(H,16,17). The number of furan rings is 1. The summed E-state index contributed by atoms with van der Waals surface area (Å²) in [6.45, 7) is 5.69. The number of nitrogens with one attached hydrogen (secondary N) is 1. The third-order valence-corrected chi connectivity index (χ3v) is 2.97. The minimum atomic E-state index is -0.288. The number of hydrogen-bond acceptors (Lipinski definition) is 3. The quantitative estimate of drug-likeness (QED) is 0.798. The molecule has 1 heterocycles.